The molecule has 0 amide bonds. The maximum absolute atomic E-state index is 11.4. The minimum absolute atomic E-state index is 0.157. The van der Waals surface area contributed by atoms with E-state index >= 15 is 0 Å². The van der Waals surface area contributed by atoms with E-state index in [1.165, 1.54) is 0 Å². The third kappa shape index (κ3) is 6.80. The molecule has 0 rings (SSSR count). The SMILES string of the molecule is CCC(C)[C@H](N)C(=O)OCCOCC(C)C. The van der Waals surface area contributed by atoms with Gasteiger partial charge in [-0.2, -0.15) is 0 Å². The van der Waals surface area contributed by atoms with E-state index in [0.29, 0.717) is 19.1 Å². The number of esters is 1. The molecule has 0 aliphatic rings. The lowest BCUT2D eigenvalue weighted by atomic mass is 10.0. The van der Waals surface area contributed by atoms with Crippen LogP contribution in [0.5, 0.6) is 0 Å². The number of nitrogens with two attached hydrogens (primary N) is 1. The first-order chi connectivity index (χ1) is 7.49. The maximum atomic E-state index is 11.4. The fraction of sp³-hybridized carbons (Fsp3) is 0.917. The van der Waals surface area contributed by atoms with Gasteiger partial charge in [-0.05, 0) is 11.8 Å². The molecule has 0 bridgehead atoms. The highest BCUT2D eigenvalue weighted by Crippen LogP contribution is 2.06. The third-order valence-electron chi connectivity index (χ3n) is 2.45. The summed E-state index contributed by atoms with van der Waals surface area (Å²) in [5.74, 6) is 0.324. The molecule has 1 unspecified atom stereocenters. The van der Waals surface area contributed by atoms with Gasteiger partial charge in [0.05, 0.1) is 6.61 Å². The van der Waals surface area contributed by atoms with Crippen LogP contribution in [0, 0.1) is 11.8 Å². The van der Waals surface area contributed by atoms with E-state index < -0.39 is 6.04 Å². The van der Waals surface area contributed by atoms with Crippen LogP contribution in [0.25, 0.3) is 0 Å². The molecule has 4 heteroatoms. The van der Waals surface area contributed by atoms with E-state index in [-0.39, 0.29) is 18.5 Å². The number of hydrogen-bond acceptors (Lipinski definition) is 4. The minimum Gasteiger partial charge on any atom is -0.462 e. The molecule has 0 saturated carbocycles. The van der Waals surface area contributed by atoms with E-state index in [0.717, 1.165) is 6.42 Å². The zero-order valence-corrected chi connectivity index (χ0v) is 10.9. The fourth-order valence-corrected chi connectivity index (χ4v) is 1.10. The highest BCUT2D eigenvalue weighted by atomic mass is 16.6. The van der Waals surface area contributed by atoms with Gasteiger partial charge in [0.25, 0.3) is 0 Å². The molecule has 0 spiro atoms. The summed E-state index contributed by atoms with van der Waals surface area (Å²) in [7, 11) is 0. The van der Waals surface area contributed by atoms with Crippen molar-refractivity contribution in [2.75, 3.05) is 19.8 Å². The zero-order chi connectivity index (χ0) is 12.6. The van der Waals surface area contributed by atoms with Crippen molar-refractivity contribution in [2.45, 2.75) is 40.2 Å². The molecule has 0 aromatic carbocycles. The van der Waals surface area contributed by atoms with Gasteiger partial charge in [0.2, 0.25) is 0 Å². The highest BCUT2D eigenvalue weighted by molar-refractivity contribution is 5.75. The van der Waals surface area contributed by atoms with Gasteiger partial charge in [-0.3, -0.25) is 4.79 Å². The number of rotatable bonds is 8. The van der Waals surface area contributed by atoms with Gasteiger partial charge in [0.15, 0.2) is 0 Å². The lowest BCUT2D eigenvalue weighted by molar-refractivity contribution is -0.148. The molecule has 2 N–H and O–H groups in total. The Kier molecular flexibility index (Phi) is 8.21. The number of carbonyl (C=O) groups excluding carboxylic acids is 1. The molecule has 0 aromatic rings. The van der Waals surface area contributed by atoms with Crippen molar-refractivity contribution in [1.29, 1.82) is 0 Å². The maximum Gasteiger partial charge on any atom is 0.323 e. The van der Waals surface area contributed by atoms with Gasteiger partial charge in [-0.1, -0.05) is 34.1 Å². The van der Waals surface area contributed by atoms with Crippen molar-refractivity contribution < 1.29 is 14.3 Å². The quantitative estimate of drug-likeness (QED) is 0.509. The predicted molar refractivity (Wildman–Crippen MR) is 64.0 cm³/mol. The smallest absolute Gasteiger partial charge is 0.323 e. The Morgan fingerprint density at radius 1 is 1.25 bits per heavy atom. The second-order valence-corrected chi connectivity index (χ2v) is 4.55. The van der Waals surface area contributed by atoms with E-state index in [1.54, 1.807) is 0 Å². The summed E-state index contributed by atoms with van der Waals surface area (Å²) >= 11 is 0. The summed E-state index contributed by atoms with van der Waals surface area (Å²) in [6.07, 6.45) is 0.875. The Bertz CT molecular complexity index is 195. The Hall–Kier alpha value is -0.610. The highest BCUT2D eigenvalue weighted by Gasteiger charge is 2.20. The van der Waals surface area contributed by atoms with E-state index in [1.807, 2.05) is 13.8 Å². The second kappa shape index (κ2) is 8.53. The summed E-state index contributed by atoms with van der Waals surface area (Å²) in [4.78, 5) is 11.4. The molecule has 0 saturated heterocycles. The first-order valence-corrected chi connectivity index (χ1v) is 5.99. The van der Waals surface area contributed by atoms with Crippen LogP contribution >= 0.6 is 0 Å². The van der Waals surface area contributed by atoms with Crippen LogP contribution in [0.2, 0.25) is 0 Å². The van der Waals surface area contributed by atoms with Crippen molar-refractivity contribution >= 4 is 5.97 Å². The van der Waals surface area contributed by atoms with Crippen LogP contribution in [-0.2, 0) is 14.3 Å². The molecule has 0 heterocycles. The Morgan fingerprint density at radius 3 is 2.38 bits per heavy atom. The number of carbonyl (C=O) groups is 1. The second-order valence-electron chi connectivity index (χ2n) is 4.55. The average Bonchev–Trinajstić information content (AvgIpc) is 2.25. The molecular weight excluding hydrogens is 206 g/mol. The van der Waals surface area contributed by atoms with E-state index in [2.05, 4.69) is 13.8 Å². The Balaban J connectivity index is 3.57. The first kappa shape index (κ1) is 15.4. The summed E-state index contributed by atoms with van der Waals surface area (Å²) < 4.78 is 10.3. The molecule has 0 radical (unpaired) electrons. The predicted octanol–water partition coefficient (Wildman–Crippen LogP) is 1.58. The molecule has 0 fully saturated rings. The van der Waals surface area contributed by atoms with Crippen molar-refractivity contribution in [2.24, 2.45) is 17.6 Å². The topological polar surface area (TPSA) is 61.6 Å². The molecule has 2 atom stereocenters. The Labute approximate surface area is 98.5 Å². The van der Waals surface area contributed by atoms with Crippen LogP contribution in [0.1, 0.15) is 34.1 Å². The zero-order valence-electron chi connectivity index (χ0n) is 10.9. The first-order valence-electron chi connectivity index (χ1n) is 5.99. The van der Waals surface area contributed by atoms with Crippen LogP contribution in [0.3, 0.4) is 0 Å². The normalized spacial score (nSPS) is 14.9. The van der Waals surface area contributed by atoms with Gasteiger partial charge >= 0.3 is 5.97 Å². The Morgan fingerprint density at radius 2 is 1.88 bits per heavy atom. The van der Waals surface area contributed by atoms with Crippen molar-refractivity contribution in [3.05, 3.63) is 0 Å². The molecule has 16 heavy (non-hydrogen) atoms. The van der Waals surface area contributed by atoms with Gasteiger partial charge in [0, 0.05) is 6.61 Å². The number of hydrogen-bond donors (Lipinski definition) is 1. The van der Waals surface area contributed by atoms with Crippen LogP contribution < -0.4 is 5.73 Å². The lowest BCUT2D eigenvalue weighted by Gasteiger charge is -2.16. The van der Waals surface area contributed by atoms with Crippen LogP contribution in [0.4, 0.5) is 0 Å². The average molecular weight is 231 g/mol. The molecule has 4 nitrogen and oxygen atoms in total. The van der Waals surface area contributed by atoms with E-state index in [9.17, 15) is 4.79 Å². The molecule has 0 aliphatic heterocycles. The van der Waals surface area contributed by atoms with E-state index in [4.69, 9.17) is 15.2 Å². The van der Waals surface area contributed by atoms with Crippen LogP contribution in [0.15, 0.2) is 0 Å². The summed E-state index contributed by atoms with van der Waals surface area (Å²) in [5.41, 5.74) is 5.72. The van der Waals surface area contributed by atoms with Gasteiger partial charge < -0.3 is 15.2 Å². The fourth-order valence-electron chi connectivity index (χ4n) is 1.10. The summed E-state index contributed by atoms with van der Waals surface area (Å²) in [5, 5.41) is 0. The monoisotopic (exact) mass is 231 g/mol. The van der Waals surface area contributed by atoms with Crippen LogP contribution in [-0.4, -0.2) is 31.8 Å². The molecular formula is C12H25NO3. The third-order valence-corrected chi connectivity index (χ3v) is 2.45. The van der Waals surface area contributed by atoms with Crippen molar-refractivity contribution in [3.8, 4) is 0 Å². The largest absolute Gasteiger partial charge is 0.462 e. The summed E-state index contributed by atoms with van der Waals surface area (Å²) in [6, 6.07) is -0.518. The minimum atomic E-state index is -0.518. The molecule has 96 valence electrons. The van der Waals surface area contributed by atoms with Gasteiger partial charge in [-0.25, -0.2) is 0 Å². The standard InChI is InChI=1S/C12H25NO3/c1-5-10(4)11(13)12(14)16-7-6-15-8-9(2)3/h9-11H,5-8,13H2,1-4H3/t10?,11-/m0/s1. The molecule has 0 aromatic heterocycles. The summed E-state index contributed by atoms with van der Waals surface area (Å²) in [6.45, 7) is 9.52. The van der Waals surface area contributed by atoms with Crippen molar-refractivity contribution in [1.82, 2.24) is 0 Å². The number of ether oxygens (including phenoxy) is 2. The van der Waals surface area contributed by atoms with Crippen molar-refractivity contribution in [3.63, 3.8) is 0 Å². The lowest BCUT2D eigenvalue weighted by Crippen LogP contribution is -2.38. The molecule has 0 aliphatic carbocycles. The van der Waals surface area contributed by atoms with Gasteiger partial charge in [0.1, 0.15) is 12.6 Å². The van der Waals surface area contributed by atoms with Gasteiger partial charge in [-0.15, -0.1) is 0 Å².